The number of benzene rings is 1. The first-order chi connectivity index (χ1) is 10.1. The predicted octanol–water partition coefficient (Wildman–Crippen LogP) is 3.16. The molecule has 0 fully saturated rings. The summed E-state index contributed by atoms with van der Waals surface area (Å²) in [5.41, 5.74) is 0. The van der Waals surface area contributed by atoms with Crippen molar-refractivity contribution in [3.63, 3.8) is 0 Å². The highest BCUT2D eigenvalue weighted by molar-refractivity contribution is 9.10. The summed E-state index contributed by atoms with van der Waals surface area (Å²) < 4.78 is 5.99. The Morgan fingerprint density at radius 3 is 2.71 bits per heavy atom. The molecule has 7 heteroatoms. The fraction of sp³-hybridized carbons (Fsp3) is 0.143. The Kier molecular flexibility index (Phi) is 5.89. The highest BCUT2D eigenvalue weighted by atomic mass is 79.9. The zero-order valence-corrected chi connectivity index (χ0v) is 13.4. The first-order valence-corrected chi connectivity index (χ1v) is 7.90. The smallest absolute Gasteiger partial charge is 0.321 e. The van der Waals surface area contributed by atoms with E-state index in [9.17, 15) is 9.59 Å². The predicted molar refractivity (Wildman–Crippen MR) is 84.0 cm³/mol. The number of imide groups is 1. The van der Waals surface area contributed by atoms with Gasteiger partial charge in [-0.05, 0) is 40.2 Å². The van der Waals surface area contributed by atoms with Crippen molar-refractivity contribution in [3.05, 3.63) is 52.9 Å². The van der Waals surface area contributed by atoms with E-state index in [1.54, 1.807) is 12.1 Å². The molecule has 0 bridgehead atoms. The maximum atomic E-state index is 11.7. The molecule has 2 rings (SSSR count). The molecule has 0 unspecified atom stereocenters. The molecule has 0 aliphatic carbocycles. The van der Waals surface area contributed by atoms with E-state index in [4.69, 9.17) is 4.42 Å². The van der Waals surface area contributed by atoms with Gasteiger partial charge in [-0.1, -0.05) is 12.1 Å². The van der Waals surface area contributed by atoms with Crippen LogP contribution >= 0.6 is 27.7 Å². The SMILES string of the molecule is O=C(CSc1ccccc1Br)NC(=O)NCc1ccco1. The van der Waals surface area contributed by atoms with Gasteiger partial charge >= 0.3 is 6.03 Å². The fourth-order valence-corrected chi connectivity index (χ4v) is 2.86. The van der Waals surface area contributed by atoms with Crippen LogP contribution < -0.4 is 10.6 Å². The Labute approximate surface area is 134 Å². The standard InChI is InChI=1S/C14H13BrN2O3S/c15-11-5-1-2-6-12(11)21-9-13(18)17-14(19)16-8-10-4-3-7-20-10/h1-7H,8-9H2,(H2,16,17,18,19). The second-order valence-electron chi connectivity index (χ2n) is 4.03. The van der Waals surface area contributed by atoms with E-state index >= 15 is 0 Å². The van der Waals surface area contributed by atoms with Crippen LogP contribution in [-0.4, -0.2) is 17.7 Å². The monoisotopic (exact) mass is 368 g/mol. The molecule has 0 radical (unpaired) electrons. The van der Waals surface area contributed by atoms with Crippen molar-refractivity contribution in [1.82, 2.24) is 10.6 Å². The average Bonchev–Trinajstić information content (AvgIpc) is 2.97. The molecule has 0 saturated heterocycles. The summed E-state index contributed by atoms with van der Waals surface area (Å²) >= 11 is 4.76. The van der Waals surface area contributed by atoms with Crippen LogP contribution in [0.1, 0.15) is 5.76 Å². The van der Waals surface area contributed by atoms with Gasteiger partial charge in [-0.15, -0.1) is 11.8 Å². The maximum absolute atomic E-state index is 11.7. The van der Waals surface area contributed by atoms with Crippen molar-refractivity contribution >= 4 is 39.6 Å². The number of hydrogen-bond acceptors (Lipinski definition) is 4. The fourth-order valence-electron chi connectivity index (χ4n) is 1.49. The van der Waals surface area contributed by atoms with Gasteiger partial charge in [0.1, 0.15) is 5.76 Å². The number of hydrogen-bond donors (Lipinski definition) is 2. The number of carbonyl (C=O) groups is 2. The summed E-state index contributed by atoms with van der Waals surface area (Å²) in [4.78, 5) is 24.1. The lowest BCUT2D eigenvalue weighted by atomic mass is 10.4. The molecule has 0 saturated carbocycles. The van der Waals surface area contributed by atoms with Gasteiger partial charge in [0.15, 0.2) is 0 Å². The maximum Gasteiger partial charge on any atom is 0.321 e. The van der Waals surface area contributed by atoms with Crippen molar-refractivity contribution in [2.45, 2.75) is 11.4 Å². The van der Waals surface area contributed by atoms with Crippen molar-refractivity contribution in [2.24, 2.45) is 0 Å². The molecule has 0 atom stereocenters. The lowest BCUT2D eigenvalue weighted by Gasteiger charge is -2.06. The van der Waals surface area contributed by atoms with Gasteiger partial charge in [-0.3, -0.25) is 10.1 Å². The van der Waals surface area contributed by atoms with Gasteiger partial charge in [0.2, 0.25) is 5.91 Å². The zero-order valence-electron chi connectivity index (χ0n) is 11.0. The number of halogens is 1. The number of amides is 3. The van der Waals surface area contributed by atoms with E-state index in [1.807, 2.05) is 24.3 Å². The van der Waals surface area contributed by atoms with Crippen LogP contribution in [0.3, 0.4) is 0 Å². The topological polar surface area (TPSA) is 71.3 Å². The Balaban J connectivity index is 1.71. The van der Waals surface area contributed by atoms with E-state index in [0.29, 0.717) is 5.76 Å². The van der Waals surface area contributed by atoms with Crippen LogP contribution in [0.25, 0.3) is 0 Å². The summed E-state index contributed by atoms with van der Waals surface area (Å²) in [6, 6.07) is 10.5. The third kappa shape index (κ3) is 5.28. The second-order valence-corrected chi connectivity index (χ2v) is 5.90. The second kappa shape index (κ2) is 7.90. The van der Waals surface area contributed by atoms with Crippen molar-refractivity contribution in [3.8, 4) is 0 Å². The number of nitrogens with one attached hydrogen (secondary N) is 2. The van der Waals surface area contributed by atoms with Gasteiger partial charge in [0, 0.05) is 9.37 Å². The number of urea groups is 1. The summed E-state index contributed by atoms with van der Waals surface area (Å²) in [5.74, 6) is 0.435. The molecule has 1 heterocycles. The van der Waals surface area contributed by atoms with Crippen LogP contribution in [0.2, 0.25) is 0 Å². The third-order valence-corrected chi connectivity index (χ3v) is 4.48. The average molecular weight is 369 g/mol. The molecule has 0 aliphatic heterocycles. The van der Waals surface area contributed by atoms with Crippen molar-refractivity contribution in [2.75, 3.05) is 5.75 Å². The summed E-state index contributed by atoms with van der Waals surface area (Å²) in [6.07, 6.45) is 1.52. The molecule has 3 amide bonds. The quantitative estimate of drug-likeness (QED) is 0.795. The van der Waals surface area contributed by atoms with Gasteiger partial charge in [0.05, 0.1) is 18.6 Å². The van der Waals surface area contributed by atoms with E-state index in [1.165, 1.54) is 18.0 Å². The molecule has 1 aromatic heterocycles. The van der Waals surface area contributed by atoms with Gasteiger partial charge in [-0.2, -0.15) is 0 Å². The first-order valence-electron chi connectivity index (χ1n) is 6.12. The molecule has 0 spiro atoms. The normalized spacial score (nSPS) is 10.1. The Hall–Kier alpha value is -1.73. The van der Waals surface area contributed by atoms with Crippen LogP contribution in [0.15, 0.2) is 56.4 Å². The van der Waals surface area contributed by atoms with Crippen LogP contribution in [-0.2, 0) is 11.3 Å². The lowest BCUT2D eigenvalue weighted by molar-refractivity contribution is -0.117. The summed E-state index contributed by atoms with van der Waals surface area (Å²) in [6.45, 7) is 0.240. The van der Waals surface area contributed by atoms with Crippen molar-refractivity contribution < 1.29 is 14.0 Å². The van der Waals surface area contributed by atoms with E-state index in [0.717, 1.165) is 9.37 Å². The minimum atomic E-state index is -0.538. The van der Waals surface area contributed by atoms with Crippen LogP contribution in [0.5, 0.6) is 0 Å². The molecular formula is C14H13BrN2O3S. The molecular weight excluding hydrogens is 356 g/mol. The molecule has 5 nitrogen and oxygen atoms in total. The van der Waals surface area contributed by atoms with E-state index < -0.39 is 6.03 Å². The van der Waals surface area contributed by atoms with Gasteiger partial charge in [0.25, 0.3) is 0 Å². The number of carbonyl (C=O) groups excluding carboxylic acids is 2. The lowest BCUT2D eigenvalue weighted by Crippen LogP contribution is -2.39. The largest absolute Gasteiger partial charge is 0.467 e. The van der Waals surface area contributed by atoms with E-state index in [2.05, 4.69) is 26.6 Å². The number of thioether (sulfide) groups is 1. The van der Waals surface area contributed by atoms with Gasteiger partial charge in [-0.25, -0.2) is 4.79 Å². The molecule has 2 aromatic rings. The van der Waals surface area contributed by atoms with Gasteiger partial charge < -0.3 is 9.73 Å². The van der Waals surface area contributed by atoms with Crippen LogP contribution in [0, 0.1) is 0 Å². The summed E-state index contributed by atoms with van der Waals surface area (Å²) in [7, 11) is 0. The highest BCUT2D eigenvalue weighted by Crippen LogP contribution is 2.26. The summed E-state index contributed by atoms with van der Waals surface area (Å²) in [5, 5.41) is 4.81. The highest BCUT2D eigenvalue weighted by Gasteiger charge is 2.09. The Morgan fingerprint density at radius 1 is 1.19 bits per heavy atom. The van der Waals surface area contributed by atoms with E-state index in [-0.39, 0.29) is 18.2 Å². The molecule has 21 heavy (non-hydrogen) atoms. The molecule has 2 N–H and O–H groups in total. The van der Waals surface area contributed by atoms with Crippen LogP contribution in [0.4, 0.5) is 4.79 Å². The Bertz CT molecular complexity index is 616. The molecule has 110 valence electrons. The number of rotatable bonds is 5. The minimum Gasteiger partial charge on any atom is -0.467 e. The number of furan rings is 1. The van der Waals surface area contributed by atoms with Crippen molar-refractivity contribution in [1.29, 1.82) is 0 Å². The zero-order chi connectivity index (χ0) is 15.1. The third-order valence-electron chi connectivity index (χ3n) is 2.45. The Morgan fingerprint density at radius 2 is 2.00 bits per heavy atom. The molecule has 1 aromatic carbocycles. The minimum absolute atomic E-state index is 0.163. The molecule has 0 aliphatic rings. The first kappa shape index (κ1) is 15.7.